The molecule has 3 aromatic carbocycles. The van der Waals surface area contributed by atoms with Crippen molar-refractivity contribution in [2.24, 2.45) is 5.10 Å². The highest BCUT2D eigenvalue weighted by Gasteiger charge is 2.17. The molecule has 1 heterocycles. The monoisotopic (exact) mass is 467 g/mol. The molecule has 4 aromatic rings. The van der Waals surface area contributed by atoms with Crippen LogP contribution in [-0.4, -0.2) is 30.0 Å². The number of sulfonamides is 1. The Hall–Kier alpha value is -3.30. The maximum Gasteiger partial charge on any atom is 0.276 e. The smallest absolute Gasteiger partial charge is 0.276 e. The number of thioether (sulfide) groups is 1. The summed E-state index contributed by atoms with van der Waals surface area (Å²) in [5.74, 6) is 0.233. The fourth-order valence-electron chi connectivity index (χ4n) is 2.98. The maximum atomic E-state index is 12.7. The third-order valence-corrected chi connectivity index (χ3v) is 6.77. The number of fused-ring (bicyclic) bond motifs is 1. The summed E-state index contributed by atoms with van der Waals surface area (Å²) in [6.45, 7) is 3.73. The van der Waals surface area contributed by atoms with Crippen molar-refractivity contribution in [2.75, 3.05) is 5.75 Å². The van der Waals surface area contributed by atoms with Crippen LogP contribution in [-0.2, 0) is 10.0 Å². The minimum absolute atomic E-state index is 0.0106. The van der Waals surface area contributed by atoms with Crippen LogP contribution >= 0.6 is 11.8 Å². The van der Waals surface area contributed by atoms with Crippen LogP contribution in [0.4, 0.5) is 0 Å². The van der Waals surface area contributed by atoms with Crippen LogP contribution in [0.25, 0.3) is 11.1 Å². The molecule has 0 aliphatic rings. The summed E-state index contributed by atoms with van der Waals surface area (Å²) in [7, 11) is -3.87. The summed E-state index contributed by atoms with van der Waals surface area (Å²) < 4.78 is 31.1. The topological polar surface area (TPSA) is 105 Å². The number of hydrogen-bond donors (Lipinski definition) is 2. The van der Waals surface area contributed by atoms with Crippen molar-refractivity contribution in [1.82, 2.24) is 9.82 Å². The van der Waals surface area contributed by atoms with E-state index >= 15 is 0 Å². The molecule has 1 aromatic heterocycles. The Bertz CT molecular complexity index is 1360. The molecular formula is C23H21N3O4S2. The first-order chi connectivity index (χ1) is 15.3. The van der Waals surface area contributed by atoms with Gasteiger partial charge in [-0.1, -0.05) is 47.7 Å². The van der Waals surface area contributed by atoms with Gasteiger partial charge >= 0.3 is 0 Å². The second kappa shape index (κ2) is 9.05. The fraction of sp³-hybridized carbons (Fsp3) is 0.130. The number of phenolic OH excluding ortho intramolecular Hbond substituents is 1. The van der Waals surface area contributed by atoms with Gasteiger partial charge < -0.3 is 9.52 Å². The highest BCUT2D eigenvalue weighted by Crippen LogP contribution is 2.26. The van der Waals surface area contributed by atoms with Crippen molar-refractivity contribution in [3.8, 4) is 5.75 Å². The van der Waals surface area contributed by atoms with Gasteiger partial charge in [-0.25, -0.2) is 4.98 Å². The number of nitrogens with zero attached hydrogens (tertiary/aromatic N) is 2. The van der Waals surface area contributed by atoms with E-state index in [0.29, 0.717) is 22.1 Å². The molecule has 32 heavy (non-hydrogen) atoms. The first kappa shape index (κ1) is 21.9. The van der Waals surface area contributed by atoms with E-state index in [0.717, 1.165) is 16.6 Å². The van der Waals surface area contributed by atoms with E-state index < -0.39 is 10.0 Å². The normalized spacial score (nSPS) is 12.2. The Morgan fingerprint density at radius 3 is 2.50 bits per heavy atom. The van der Waals surface area contributed by atoms with E-state index in [4.69, 9.17) is 4.42 Å². The van der Waals surface area contributed by atoms with Crippen LogP contribution in [0.15, 0.2) is 86.4 Å². The molecule has 164 valence electrons. The standard InChI is InChI=1S/C23H21N3O4S2/c1-15-7-10-17(11-8-15)32(28,29)26-25-20(18-12-9-16(2)13-21(18)27)14-31-23-24-19-5-3-4-6-22(19)30-23/h3-13,26-27H,14H2,1-2H3/b25-20-. The number of hydrogen-bond acceptors (Lipinski definition) is 7. The molecule has 4 rings (SSSR count). The lowest BCUT2D eigenvalue weighted by atomic mass is 10.1. The lowest BCUT2D eigenvalue weighted by Crippen LogP contribution is -2.21. The minimum atomic E-state index is -3.87. The summed E-state index contributed by atoms with van der Waals surface area (Å²) in [5.41, 5.74) is 3.97. The Balaban J connectivity index is 1.63. The Labute approximate surface area is 190 Å². The number of aromatic hydroxyl groups is 1. The van der Waals surface area contributed by atoms with Crippen LogP contribution in [0.3, 0.4) is 0 Å². The zero-order chi connectivity index (χ0) is 22.7. The van der Waals surface area contributed by atoms with Gasteiger partial charge in [0.1, 0.15) is 11.3 Å². The molecule has 0 aliphatic heterocycles. The summed E-state index contributed by atoms with van der Waals surface area (Å²) in [6, 6.07) is 19.0. The molecule has 0 unspecified atom stereocenters. The molecule has 0 spiro atoms. The molecule has 0 radical (unpaired) electrons. The summed E-state index contributed by atoms with van der Waals surface area (Å²) in [5, 5.41) is 15.0. The van der Waals surface area contributed by atoms with Crippen molar-refractivity contribution >= 4 is 38.6 Å². The summed E-state index contributed by atoms with van der Waals surface area (Å²) in [4.78, 5) is 6.81. The highest BCUT2D eigenvalue weighted by molar-refractivity contribution is 7.99. The fourth-order valence-corrected chi connectivity index (χ4v) is 4.61. The van der Waals surface area contributed by atoms with Gasteiger partial charge in [-0.2, -0.15) is 18.4 Å². The lowest BCUT2D eigenvalue weighted by Gasteiger charge is -2.10. The summed E-state index contributed by atoms with van der Waals surface area (Å²) >= 11 is 1.26. The van der Waals surface area contributed by atoms with Crippen molar-refractivity contribution in [2.45, 2.75) is 24.0 Å². The largest absolute Gasteiger partial charge is 0.507 e. The number of phenols is 1. The van der Waals surface area contributed by atoms with Crippen molar-refractivity contribution in [3.63, 3.8) is 0 Å². The van der Waals surface area contributed by atoms with Crippen molar-refractivity contribution in [3.05, 3.63) is 83.4 Å². The van der Waals surface area contributed by atoms with E-state index in [2.05, 4.69) is 14.9 Å². The van der Waals surface area contributed by atoms with E-state index in [1.54, 1.807) is 24.3 Å². The molecule has 0 atom stereocenters. The molecule has 0 amide bonds. The van der Waals surface area contributed by atoms with Crippen LogP contribution in [0.2, 0.25) is 0 Å². The van der Waals surface area contributed by atoms with Gasteiger partial charge in [0.05, 0.1) is 10.6 Å². The van der Waals surface area contributed by atoms with E-state index in [1.165, 1.54) is 23.9 Å². The number of hydrazone groups is 1. The Kier molecular flexibility index (Phi) is 6.20. The zero-order valence-electron chi connectivity index (χ0n) is 17.4. The average Bonchev–Trinajstić information content (AvgIpc) is 3.18. The number of benzene rings is 3. The molecule has 0 saturated carbocycles. The number of rotatable bonds is 7. The molecule has 0 aliphatic carbocycles. The first-order valence-corrected chi connectivity index (χ1v) is 12.2. The van der Waals surface area contributed by atoms with E-state index in [1.807, 2.05) is 44.2 Å². The highest BCUT2D eigenvalue weighted by atomic mass is 32.2. The van der Waals surface area contributed by atoms with Crippen LogP contribution in [0, 0.1) is 13.8 Å². The molecule has 0 bridgehead atoms. The van der Waals surface area contributed by atoms with E-state index in [9.17, 15) is 13.5 Å². The quantitative estimate of drug-likeness (QED) is 0.233. The van der Waals surface area contributed by atoms with Gasteiger partial charge in [-0.15, -0.1) is 0 Å². The van der Waals surface area contributed by atoms with Gasteiger partial charge in [0.15, 0.2) is 5.58 Å². The average molecular weight is 468 g/mol. The van der Waals surface area contributed by atoms with Crippen LogP contribution in [0.1, 0.15) is 16.7 Å². The molecule has 7 nitrogen and oxygen atoms in total. The predicted molar refractivity (Wildman–Crippen MR) is 126 cm³/mol. The molecule has 0 fully saturated rings. The first-order valence-electron chi connectivity index (χ1n) is 9.75. The molecular weight excluding hydrogens is 446 g/mol. The van der Waals surface area contributed by atoms with Gasteiger partial charge in [-0.3, -0.25) is 0 Å². The Morgan fingerprint density at radius 2 is 1.78 bits per heavy atom. The van der Waals surface area contributed by atoms with Crippen LogP contribution in [0.5, 0.6) is 5.75 Å². The minimum Gasteiger partial charge on any atom is -0.507 e. The number of para-hydroxylation sites is 2. The van der Waals surface area contributed by atoms with Crippen molar-refractivity contribution in [1.29, 1.82) is 0 Å². The van der Waals surface area contributed by atoms with E-state index in [-0.39, 0.29) is 16.4 Å². The van der Waals surface area contributed by atoms with Gasteiger partial charge in [-0.05, 0) is 55.8 Å². The van der Waals surface area contributed by atoms with Gasteiger partial charge in [0, 0.05) is 11.3 Å². The SMILES string of the molecule is Cc1ccc(S(=O)(=O)N/N=C(/CSc2nc3ccccc3o2)c2ccc(C)cc2O)cc1. The number of aryl methyl sites for hydroxylation is 2. The number of oxazole rings is 1. The second-order valence-corrected chi connectivity index (χ2v) is 9.81. The predicted octanol–water partition coefficient (Wildman–Crippen LogP) is 4.63. The third kappa shape index (κ3) is 4.95. The lowest BCUT2D eigenvalue weighted by molar-refractivity contribution is 0.473. The zero-order valence-corrected chi connectivity index (χ0v) is 19.1. The number of nitrogens with one attached hydrogen (secondary N) is 1. The van der Waals surface area contributed by atoms with Gasteiger partial charge in [0.2, 0.25) is 0 Å². The molecule has 2 N–H and O–H groups in total. The second-order valence-electron chi connectivity index (χ2n) is 7.22. The molecule has 0 saturated heterocycles. The van der Waals surface area contributed by atoms with Crippen LogP contribution < -0.4 is 4.83 Å². The molecule has 9 heteroatoms. The van der Waals surface area contributed by atoms with Crippen molar-refractivity contribution < 1.29 is 17.9 Å². The maximum absolute atomic E-state index is 12.7. The summed E-state index contributed by atoms with van der Waals surface area (Å²) in [6.07, 6.45) is 0. The number of aromatic nitrogens is 1. The third-order valence-electron chi connectivity index (χ3n) is 4.70. The van der Waals surface area contributed by atoms with Gasteiger partial charge in [0.25, 0.3) is 15.2 Å². The Morgan fingerprint density at radius 1 is 1.06 bits per heavy atom.